The highest BCUT2D eigenvalue weighted by molar-refractivity contribution is 7.90. The second kappa shape index (κ2) is 47.0. The zero-order chi connectivity index (χ0) is 89.3. The summed E-state index contributed by atoms with van der Waals surface area (Å²) in [7, 11) is 0.352. The van der Waals surface area contributed by atoms with E-state index < -0.39 is 154 Å². The van der Waals surface area contributed by atoms with Crippen LogP contribution < -0.4 is 26.2 Å². The third kappa shape index (κ3) is 31.8. The van der Waals surface area contributed by atoms with Gasteiger partial charge in [0.25, 0.3) is 0 Å². The molecule has 7 amide bonds. The Morgan fingerprint density at radius 1 is 0.529 bits per heavy atom. The molecule has 0 aromatic heterocycles. The minimum absolute atomic E-state index is 0.0301. The molecule has 2 fully saturated rings. The van der Waals surface area contributed by atoms with Gasteiger partial charge in [-0.15, -0.1) is 0 Å². The van der Waals surface area contributed by atoms with Crippen LogP contribution in [0.1, 0.15) is 153 Å². The normalized spacial score (nSPS) is 25.1. The molecule has 8 N–H and O–H groups in total. The lowest BCUT2D eigenvalue weighted by molar-refractivity contribution is -0.927. The first-order valence-electron chi connectivity index (χ1n) is 42.1. The molecule has 0 saturated carbocycles. The molecule has 25 nitrogen and oxygen atoms in total. The Morgan fingerprint density at radius 3 is 1.66 bits per heavy atom. The number of ketones is 4. The fourth-order valence-electron chi connectivity index (χ4n) is 16.2. The highest BCUT2D eigenvalue weighted by atomic mass is 35.5. The number of halogens is 3. The Morgan fingerprint density at radius 2 is 1.09 bits per heavy atom. The van der Waals surface area contributed by atoms with Crippen LogP contribution in [-0.4, -0.2) is 235 Å². The summed E-state index contributed by atoms with van der Waals surface area (Å²) in [5, 5.41) is 46.7. The smallest absolute Gasteiger partial charge is 0.245 e. The summed E-state index contributed by atoms with van der Waals surface area (Å²) in [6, 6.07) is 29.2. The maximum atomic E-state index is 15.4. The van der Waals surface area contributed by atoms with Gasteiger partial charge in [-0.05, 0) is 167 Å². The van der Waals surface area contributed by atoms with Gasteiger partial charge in [0.15, 0.2) is 23.1 Å². The number of likely N-dealkylation sites (tertiary alicyclic amines) is 1. The number of carbonyl (C=O) groups excluding carboxylic acids is 11. The maximum absolute atomic E-state index is 15.4. The number of hydrogen-bond donors (Lipinski definition) is 8. The van der Waals surface area contributed by atoms with Crippen molar-refractivity contribution >= 4 is 109 Å². The van der Waals surface area contributed by atoms with Crippen LogP contribution >= 0.6 is 34.8 Å². The van der Waals surface area contributed by atoms with Gasteiger partial charge in [0.2, 0.25) is 41.4 Å². The summed E-state index contributed by atoms with van der Waals surface area (Å²) in [4.78, 5) is 171. The molecule has 5 aromatic carbocycles. The van der Waals surface area contributed by atoms with E-state index >= 15 is 28.8 Å². The molecule has 0 bridgehead atoms. The number of amides is 7. The van der Waals surface area contributed by atoms with Gasteiger partial charge in [-0.2, -0.15) is 0 Å². The van der Waals surface area contributed by atoms with Crippen LogP contribution in [-0.2, 0) is 94.7 Å². The number of likely N-dealkylation sites (N-methyl/N-ethyl adjacent to an activating group) is 2. The number of aliphatic hydroxyl groups is 3. The first kappa shape index (κ1) is 99.8. The zero-order valence-electron chi connectivity index (χ0n) is 72.3. The van der Waals surface area contributed by atoms with Gasteiger partial charge < -0.3 is 56.2 Å². The molecule has 662 valence electrons. The van der Waals surface area contributed by atoms with Gasteiger partial charge in [0.05, 0.1) is 61.1 Å². The molecule has 0 spiro atoms. The largest absolute Gasteiger partial charge is 0.393 e. The quantitative estimate of drug-likeness (QED) is 0.0414. The first-order chi connectivity index (χ1) is 56.9. The van der Waals surface area contributed by atoms with Crippen LogP contribution in [0.25, 0.3) is 0 Å². The van der Waals surface area contributed by atoms with Gasteiger partial charge >= 0.3 is 0 Å². The Balaban J connectivity index is 1.29. The van der Waals surface area contributed by atoms with E-state index in [0.29, 0.717) is 55.7 Å². The average molecular weight is 1750 g/mol. The molecule has 15 atom stereocenters. The first-order valence-corrected chi connectivity index (χ1v) is 45.3. The Hall–Kier alpha value is -8.31. The summed E-state index contributed by atoms with van der Waals surface area (Å²) in [6.45, 7) is 17.2. The Kier molecular flexibility index (Phi) is 38.7. The summed E-state index contributed by atoms with van der Waals surface area (Å²) in [5.41, 5.74) is 4.25. The molecule has 7 rings (SSSR count). The van der Waals surface area contributed by atoms with Crippen molar-refractivity contribution in [1.82, 2.24) is 40.9 Å². The third-order valence-corrected chi connectivity index (χ3v) is 25.8. The number of hydrogen-bond acceptors (Lipinski definition) is 17. The lowest BCUT2D eigenvalue weighted by Gasteiger charge is -2.42. The average Bonchev–Trinajstić information content (AvgIpc) is 0.931. The van der Waals surface area contributed by atoms with Crippen molar-refractivity contribution in [3.8, 4) is 0 Å². The number of carbonyl (C=O) groups is 11. The molecule has 2 saturated heterocycles. The lowest BCUT2D eigenvalue weighted by atomic mass is 9.75. The van der Waals surface area contributed by atoms with Crippen molar-refractivity contribution in [2.75, 3.05) is 72.4 Å². The van der Waals surface area contributed by atoms with Gasteiger partial charge in [0, 0.05) is 125 Å². The van der Waals surface area contributed by atoms with Crippen molar-refractivity contribution < 1.29 is 81.4 Å². The maximum Gasteiger partial charge on any atom is 0.245 e. The molecule has 2 aliphatic heterocycles. The molecular formula is C92H127Cl3N9O16S+. The molecule has 2 heterocycles. The lowest BCUT2D eigenvalue weighted by Crippen LogP contribution is -3.18. The van der Waals surface area contributed by atoms with Crippen LogP contribution in [0.4, 0.5) is 0 Å². The molecule has 2 unspecified atom stereocenters. The number of quaternary nitrogens is 1. The highest BCUT2D eigenvalue weighted by Gasteiger charge is 2.42. The minimum Gasteiger partial charge on any atom is -0.393 e. The van der Waals surface area contributed by atoms with Crippen LogP contribution in [0.5, 0.6) is 0 Å². The second-order valence-electron chi connectivity index (χ2n) is 34.8. The zero-order valence-corrected chi connectivity index (χ0v) is 75.4. The minimum atomic E-state index is -3.88. The molecule has 29 heteroatoms. The summed E-state index contributed by atoms with van der Waals surface area (Å²) < 4.78 is 25.9. The predicted octanol–water partition coefficient (Wildman–Crippen LogP) is 7.84. The SMILES string of the molecule is Cc1cccc(C[C@@H]2NC(=O)C[C@H]([C@@H](C)O)CNC(=O)[C@H](Cc3ccc(Cl)cc3)CCN(C)C(=O)[C@H](Cc3cccc(Cl)c3)CCC(=O)[C@H](Cc3ccc(Cl)cc3)N(C)C(=O)[C@H]([C@@H](C)O)CC(=O)[C@H](Cc3ccccc3)N(C)C(=O)[C@H](CCS(C)(=O)=O)NC(=O)[C@H]([C@@H](C)O)NC(=O)[C@H](C)CC(=O)C[NH+](C(C)N3CCC(C(C)(C)C)CC3)CCC2=O)c1. The number of aryl methyl sites for hydroxylation is 1. The summed E-state index contributed by atoms with van der Waals surface area (Å²) >= 11 is 19.3. The molecule has 5 aromatic rings. The van der Waals surface area contributed by atoms with Gasteiger partial charge in [-0.1, -0.05) is 159 Å². The number of benzene rings is 5. The molecule has 121 heavy (non-hydrogen) atoms. The molecule has 0 radical (unpaired) electrons. The highest BCUT2D eigenvalue weighted by Crippen LogP contribution is 2.35. The van der Waals surface area contributed by atoms with E-state index in [0.717, 1.165) is 45.6 Å². The van der Waals surface area contributed by atoms with E-state index in [9.17, 15) is 47.7 Å². The topological polar surface area (TPSA) is 348 Å². The van der Waals surface area contributed by atoms with Gasteiger partial charge in [0.1, 0.15) is 34.6 Å². The van der Waals surface area contributed by atoms with E-state index in [1.807, 2.05) is 38.1 Å². The van der Waals surface area contributed by atoms with E-state index in [-0.39, 0.29) is 126 Å². The van der Waals surface area contributed by atoms with E-state index in [2.05, 4.69) is 46.9 Å². The second-order valence-corrected chi connectivity index (χ2v) is 38.4. The van der Waals surface area contributed by atoms with Gasteiger partial charge in [-0.25, -0.2) is 8.42 Å². The number of rotatable bonds is 18. The van der Waals surface area contributed by atoms with Crippen molar-refractivity contribution in [2.24, 2.45) is 40.9 Å². The summed E-state index contributed by atoms with van der Waals surface area (Å²) in [5.74, 6) is -12.6. The Labute approximate surface area is 729 Å². The third-order valence-electron chi connectivity index (χ3n) is 24.1. The van der Waals surface area contributed by atoms with E-state index in [4.69, 9.17) is 34.8 Å². The van der Waals surface area contributed by atoms with Crippen molar-refractivity contribution in [3.63, 3.8) is 0 Å². The monoisotopic (exact) mass is 1750 g/mol. The standard InChI is InChI=1S/C92H126Cl3N9O16S/c1-57-19-17-22-66(45-57)50-78-81(109)38-43-104(62(6)103-41-36-71(37-42-103)92(7,8)9)56-75(108)46-58(2)86(113)99-85(61(5)107)88(115)98-77(39-44-121(13,119)120)91(118)102(12)80(51-63-20-15-14-16-21-63)83(111)54-76(60(4)106)90(117)101(11)79(52-65-27-32-73(94)33-28-65)82(110)34-29-69(48-67-23-18-24-74(95)49-67)89(116)100(10)40-35-68(47-64-25-30-72(93)31-26-64)87(114)96-55-70(59(3)105)53-84(112)97-78/h14-28,30-33,45,49,58-62,68-71,76-80,85,105-107H,29,34-44,46-48,50-56H2,1-13H3,(H,96,114)(H,97,112)(H,98,115)(H,99,113)/p+1/t58-,59-,60-,61-,62?,68+,69+,70+,76+,77+,78+,79+,80+,85+/m1/s1. The van der Waals surface area contributed by atoms with Crippen LogP contribution in [0.3, 0.4) is 0 Å². The molecule has 2 aliphatic rings. The number of sulfone groups is 1. The number of piperidine rings is 1. The van der Waals surface area contributed by atoms with Crippen LogP contribution in [0.15, 0.2) is 127 Å². The molecular weight excluding hydrogens is 1630 g/mol. The predicted molar refractivity (Wildman–Crippen MR) is 469 cm³/mol. The van der Waals surface area contributed by atoms with Crippen molar-refractivity contribution in [3.05, 3.63) is 176 Å². The number of nitrogens with zero attached hydrogens (tertiary/aromatic N) is 4. The number of aliphatic hydroxyl groups excluding tert-OH is 3. The van der Waals surface area contributed by atoms with Crippen LogP contribution in [0.2, 0.25) is 15.1 Å². The number of Topliss-reactive ketones (excluding diaryl/α,β-unsaturated/α-hetero) is 4. The number of nitrogens with one attached hydrogen (secondary N) is 5. The van der Waals surface area contributed by atoms with Crippen LogP contribution in [0, 0.1) is 47.8 Å². The molecule has 0 aliphatic carbocycles. The van der Waals surface area contributed by atoms with Gasteiger partial charge in [-0.3, -0.25) is 57.6 Å². The fraction of sp³-hybridized carbons (Fsp3) is 0.554. The van der Waals surface area contributed by atoms with E-state index in [1.165, 1.54) is 46.7 Å². The van der Waals surface area contributed by atoms with Crippen molar-refractivity contribution in [1.29, 1.82) is 0 Å². The fourth-order valence-corrected chi connectivity index (χ4v) is 17.3. The van der Waals surface area contributed by atoms with E-state index in [1.54, 1.807) is 110 Å². The Bertz CT molecular complexity index is 4450. The summed E-state index contributed by atoms with van der Waals surface area (Å²) in [6.07, 6.45) is -4.21. The van der Waals surface area contributed by atoms with Crippen molar-refractivity contribution in [2.45, 2.75) is 213 Å².